The minimum Gasteiger partial charge on any atom is -0.247 e. The lowest BCUT2D eigenvalue weighted by Crippen LogP contribution is -2.29. The maximum Gasteiger partial charge on any atom is 0.103 e. The van der Waals surface area contributed by atoms with Gasteiger partial charge >= 0.3 is 0 Å². The highest BCUT2D eigenvalue weighted by Gasteiger charge is 2.30. The van der Waals surface area contributed by atoms with Crippen LogP contribution in [0.1, 0.15) is 33.6 Å². The van der Waals surface area contributed by atoms with E-state index in [-0.39, 0.29) is 5.92 Å². The predicted octanol–water partition coefficient (Wildman–Crippen LogP) is 3.03. The molecule has 0 amide bonds. The Morgan fingerprint density at radius 3 is 2.20 bits per heavy atom. The Hall–Kier alpha value is -0.0700. The van der Waals surface area contributed by atoms with Crippen molar-refractivity contribution in [3.05, 3.63) is 0 Å². The van der Waals surface area contributed by atoms with Gasteiger partial charge in [-0.05, 0) is 30.6 Å². The summed E-state index contributed by atoms with van der Waals surface area (Å²) in [6, 6.07) is 0. The SMILES string of the molecule is CC1CC(C)C(C)[C@H](F)C1. The summed E-state index contributed by atoms with van der Waals surface area (Å²) in [7, 11) is 0. The van der Waals surface area contributed by atoms with Crippen molar-refractivity contribution < 1.29 is 4.39 Å². The molecule has 1 heteroatoms. The first kappa shape index (κ1) is 8.03. The molecule has 0 aromatic rings. The average molecular weight is 144 g/mol. The van der Waals surface area contributed by atoms with Gasteiger partial charge in [0.1, 0.15) is 6.17 Å². The summed E-state index contributed by atoms with van der Waals surface area (Å²) in [6.45, 7) is 6.34. The fourth-order valence-corrected chi connectivity index (χ4v) is 1.90. The summed E-state index contributed by atoms with van der Waals surface area (Å²) in [5.74, 6) is 1.47. The van der Waals surface area contributed by atoms with Crippen molar-refractivity contribution in [3.8, 4) is 0 Å². The molecule has 0 N–H and O–H groups in total. The van der Waals surface area contributed by atoms with Crippen LogP contribution in [-0.2, 0) is 0 Å². The summed E-state index contributed by atoms with van der Waals surface area (Å²) >= 11 is 0. The summed E-state index contributed by atoms with van der Waals surface area (Å²) in [6.07, 6.45) is 1.45. The molecule has 1 aliphatic rings. The Morgan fingerprint density at radius 2 is 1.70 bits per heavy atom. The molecular formula is C9H17F. The molecule has 3 unspecified atom stereocenters. The third-order valence-electron chi connectivity index (χ3n) is 2.87. The van der Waals surface area contributed by atoms with Gasteiger partial charge in [0.05, 0.1) is 0 Å². The van der Waals surface area contributed by atoms with E-state index < -0.39 is 6.17 Å². The van der Waals surface area contributed by atoms with Crippen LogP contribution in [0.3, 0.4) is 0 Å². The number of hydrogen-bond donors (Lipinski definition) is 0. The van der Waals surface area contributed by atoms with Gasteiger partial charge in [0.25, 0.3) is 0 Å². The predicted molar refractivity (Wildman–Crippen MR) is 41.6 cm³/mol. The molecule has 1 saturated carbocycles. The largest absolute Gasteiger partial charge is 0.247 e. The number of halogens is 1. The molecule has 0 aromatic carbocycles. The van der Waals surface area contributed by atoms with Gasteiger partial charge in [0.15, 0.2) is 0 Å². The van der Waals surface area contributed by atoms with Gasteiger partial charge in [0, 0.05) is 0 Å². The summed E-state index contributed by atoms with van der Waals surface area (Å²) in [5, 5.41) is 0. The van der Waals surface area contributed by atoms with Gasteiger partial charge < -0.3 is 0 Å². The fraction of sp³-hybridized carbons (Fsp3) is 1.00. The van der Waals surface area contributed by atoms with Crippen LogP contribution in [-0.4, -0.2) is 6.17 Å². The van der Waals surface area contributed by atoms with Crippen LogP contribution in [0.2, 0.25) is 0 Å². The van der Waals surface area contributed by atoms with Crippen molar-refractivity contribution in [2.45, 2.75) is 39.8 Å². The van der Waals surface area contributed by atoms with Crippen molar-refractivity contribution >= 4 is 0 Å². The second-order valence-electron chi connectivity index (χ2n) is 3.93. The van der Waals surface area contributed by atoms with Gasteiger partial charge in [-0.25, -0.2) is 4.39 Å². The monoisotopic (exact) mass is 144 g/mol. The minimum absolute atomic E-state index is 0.288. The molecule has 0 heterocycles. The first-order chi connectivity index (χ1) is 4.61. The number of alkyl halides is 1. The number of hydrogen-bond acceptors (Lipinski definition) is 0. The topological polar surface area (TPSA) is 0 Å². The standard InChI is InChI=1S/C9H17F/c1-6-4-7(2)8(3)9(10)5-6/h6-9H,4-5H2,1-3H3/t6?,7?,8?,9-/m1/s1. The maximum absolute atomic E-state index is 13.1. The minimum atomic E-state index is -0.543. The lowest BCUT2D eigenvalue weighted by atomic mass is 9.75. The fourth-order valence-electron chi connectivity index (χ4n) is 1.90. The second-order valence-corrected chi connectivity index (χ2v) is 3.93. The van der Waals surface area contributed by atoms with Crippen LogP contribution >= 0.6 is 0 Å². The van der Waals surface area contributed by atoms with E-state index in [1.165, 1.54) is 6.42 Å². The van der Waals surface area contributed by atoms with Crippen LogP contribution in [0.4, 0.5) is 4.39 Å². The van der Waals surface area contributed by atoms with Gasteiger partial charge in [-0.2, -0.15) is 0 Å². The molecular weight excluding hydrogens is 127 g/mol. The zero-order valence-electron chi connectivity index (χ0n) is 7.10. The summed E-state index contributed by atoms with van der Waals surface area (Å²) in [4.78, 5) is 0. The van der Waals surface area contributed by atoms with Crippen LogP contribution in [0, 0.1) is 17.8 Å². The molecule has 4 atom stereocenters. The maximum atomic E-state index is 13.1. The highest BCUT2D eigenvalue weighted by atomic mass is 19.1. The Kier molecular flexibility index (Phi) is 2.32. The third-order valence-corrected chi connectivity index (χ3v) is 2.87. The van der Waals surface area contributed by atoms with E-state index in [4.69, 9.17) is 0 Å². The molecule has 0 nitrogen and oxygen atoms in total. The first-order valence-corrected chi connectivity index (χ1v) is 4.25. The third kappa shape index (κ3) is 1.50. The van der Waals surface area contributed by atoms with Crippen LogP contribution in [0.25, 0.3) is 0 Å². The van der Waals surface area contributed by atoms with Crippen LogP contribution in [0.5, 0.6) is 0 Å². The van der Waals surface area contributed by atoms with Crippen molar-refractivity contribution in [1.82, 2.24) is 0 Å². The Labute approximate surface area is 62.8 Å². The quantitative estimate of drug-likeness (QED) is 0.490. The molecule has 0 spiro atoms. The smallest absolute Gasteiger partial charge is 0.103 e. The van der Waals surface area contributed by atoms with E-state index >= 15 is 0 Å². The van der Waals surface area contributed by atoms with Gasteiger partial charge in [-0.1, -0.05) is 20.8 Å². The van der Waals surface area contributed by atoms with Crippen LogP contribution in [0.15, 0.2) is 0 Å². The van der Waals surface area contributed by atoms with E-state index in [0.717, 1.165) is 6.42 Å². The lowest BCUT2D eigenvalue weighted by molar-refractivity contribution is 0.0966. The molecule has 1 fully saturated rings. The highest BCUT2D eigenvalue weighted by molar-refractivity contribution is 4.79. The van der Waals surface area contributed by atoms with Crippen molar-refractivity contribution in [1.29, 1.82) is 0 Å². The molecule has 60 valence electrons. The molecule has 0 aromatic heterocycles. The van der Waals surface area contributed by atoms with Crippen molar-refractivity contribution in [2.24, 2.45) is 17.8 Å². The van der Waals surface area contributed by atoms with E-state index in [1.54, 1.807) is 0 Å². The normalized spacial score (nSPS) is 49.2. The Balaban J connectivity index is 2.49. The van der Waals surface area contributed by atoms with Gasteiger partial charge in [-0.15, -0.1) is 0 Å². The molecule has 0 bridgehead atoms. The number of rotatable bonds is 0. The highest BCUT2D eigenvalue weighted by Crippen LogP contribution is 2.34. The molecule has 0 aliphatic heterocycles. The van der Waals surface area contributed by atoms with E-state index in [1.807, 2.05) is 6.92 Å². The Bertz CT molecular complexity index is 99.3. The van der Waals surface area contributed by atoms with Crippen molar-refractivity contribution in [3.63, 3.8) is 0 Å². The zero-order valence-corrected chi connectivity index (χ0v) is 7.10. The van der Waals surface area contributed by atoms with Gasteiger partial charge in [-0.3, -0.25) is 0 Å². The summed E-state index contributed by atoms with van der Waals surface area (Å²) < 4.78 is 13.1. The Morgan fingerprint density at radius 1 is 1.10 bits per heavy atom. The lowest BCUT2D eigenvalue weighted by Gasteiger charge is -2.32. The molecule has 1 aliphatic carbocycles. The van der Waals surface area contributed by atoms with Crippen molar-refractivity contribution in [2.75, 3.05) is 0 Å². The summed E-state index contributed by atoms with van der Waals surface area (Å²) in [5.41, 5.74) is 0. The van der Waals surface area contributed by atoms with Crippen LogP contribution < -0.4 is 0 Å². The molecule has 0 saturated heterocycles. The second kappa shape index (κ2) is 2.89. The molecule has 10 heavy (non-hydrogen) atoms. The molecule has 0 radical (unpaired) electrons. The average Bonchev–Trinajstić information content (AvgIpc) is 1.82. The van der Waals surface area contributed by atoms with Gasteiger partial charge in [0.2, 0.25) is 0 Å². The van der Waals surface area contributed by atoms with E-state index in [2.05, 4.69) is 13.8 Å². The van der Waals surface area contributed by atoms with E-state index in [0.29, 0.717) is 11.8 Å². The first-order valence-electron chi connectivity index (χ1n) is 4.25. The van der Waals surface area contributed by atoms with E-state index in [9.17, 15) is 4.39 Å². The zero-order chi connectivity index (χ0) is 7.72. The molecule has 1 rings (SSSR count).